The van der Waals surface area contributed by atoms with Gasteiger partial charge in [-0.15, -0.1) is 11.3 Å². The van der Waals surface area contributed by atoms with E-state index in [1.807, 2.05) is 17.5 Å². The summed E-state index contributed by atoms with van der Waals surface area (Å²) in [4.78, 5) is 21.3. The first-order chi connectivity index (χ1) is 11.7. The fourth-order valence-corrected chi connectivity index (χ4v) is 3.70. The number of amides is 1. The van der Waals surface area contributed by atoms with Crippen LogP contribution in [0.25, 0.3) is 21.7 Å². The number of hydrogen-bond acceptors (Lipinski definition) is 5. The van der Waals surface area contributed by atoms with Crippen molar-refractivity contribution in [3.05, 3.63) is 35.2 Å². The van der Waals surface area contributed by atoms with Crippen LogP contribution in [0.2, 0.25) is 0 Å². The zero-order valence-electron chi connectivity index (χ0n) is 13.0. The van der Waals surface area contributed by atoms with Crippen molar-refractivity contribution >= 4 is 28.3 Å². The number of phenolic OH excluding ortho intramolecular Hbond substituents is 1. The van der Waals surface area contributed by atoms with Crippen LogP contribution in [0, 0.1) is 0 Å². The number of phenols is 1. The molecule has 0 bridgehead atoms. The molecular weight excluding hydrogens is 324 g/mol. The number of imidazole rings is 1. The van der Waals surface area contributed by atoms with Gasteiger partial charge in [-0.25, -0.2) is 4.98 Å². The zero-order chi connectivity index (χ0) is 16.5. The molecule has 1 aromatic carbocycles. The molecule has 1 aliphatic rings. The van der Waals surface area contributed by atoms with Crippen LogP contribution in [-0.4, -0.2) is 40.1 Å². The van der Waals surface area contributed by atoms with E-state index in [0.717, 1.165) is 30.8 Å². The van der Waals surface area contributed by atoms with Gasteiger partial charge in [-0.1, -0.05) is 6.07 Å². The van der Waals surface area contributed by atoms with Crippen molar-refractivity contribution in [2.24, 2.45) is 0 Å². The van der Waals surface area contributed by atoms with Crippen LogP contribution >= 0.6 is 11.3 Å². The van der Waals surface area contributed by atoms with Crippen LogP contribution in [0.4, 0.5) is 0 Å². The smallest absolute Gasteiger partial charge is 0.253 e. The molecule has 0 saturated carbocycles. The molecule has 4 rings (SSSR count). The molecule has 1 amide bonds. The molecule has 124 valence electrons. The van der Waals surface area contributed by atoms with Gasteiger partial charge in [-0.3, -0.25) is 4.79 Å². The van der Waals surface area contributed by atoms with Crippen molar-refractivity contribution < 1.29 is 9.90 Å². The van der Waals surface area contributed by atoms with Crippen molar-refractivity contribution in [1.82, 2.24) is 20.6 Å². The molecule has 0 unspecified atom stereocenters. The molecule has 1 aliphatic heterocycles. The Morgan fingerprint density at radius 1 is 1.38 bits per heavy atom. The molecular formula is C17H18N4O2S. The number of fused-ring (bicyclic) bond motifs is 1. The highest BCUT2D eigenvalue weighted by atomic mass is 32.1. The maximum Gasteiger partial charge on any atom is 0.253 e. The molecule has 3 aromatic rings. The summed E-state index contributed by atoms with van der Waals surface area (Å²) in [5.41, 5.74) is 1.47. The van der Waals surface area contributed by atoms with Gasteiger partial charge >= 0.3 is 0 Å². The molecule has 24 heavy (non-hydrogen) atoms. The molecule has 2 aromatic heterocycles. The van der Waals surface area contributed by atoms with E-state index in [1.165, 1.54) is 6.07 Å². The van der Waals surface area contributed by atoms with Gasteiger partial charge in [0.2, 0.25) is 0 Å². The first kappa shape index (κ1) is 15.2. The summed E-state index contributed by atoms with van der Waals surface area (Å²) in [6.07, 6.45) is 2.03. The molecule has 4 N–H and O–H groups in total. The first-order valence-electron chi connectivity index (χ1n) is 7.99. The van der Waals surface area contributed by atoms with E-state index < -0.39 is 0 Å². The molecule has 1 atom stereocenters. The Balaban J connectivity index is 1.69. The lowest BCUT2D eigenvalue weighted by Gasteiger charge is -2.23. The predicted octanol–water partition coefficient (Wildman–Crippen LogP) is 2.48. The Morgan fingerprint density at radius 3 is 3.04 bits per heavy atom. The minimum Gasteiger partial charge on any atom is -0.506 e. The summed E-state index contributed by atoms with van der Waals surface area (Å²) in [6, 6.07) is 7.18. The van der Waals surface area contributed by atoms with Crippen LogP contribution in [-0.2, 0) is 0 Å². The Labute approximate surface area is 142 Å². The number of piperidine rings is 1. The topological polar surface area (TPSA) is 90.0 Å². The van der Waals surface area contributed by atoms with Gasteiger partial charge in [0.05, 0.1) is 10.4 Å². The monoisotopic (exact) mass is 342 g/mol. The minimum atomic E-state index is -0.155. The van der Waals surface area contributed by atoms with Gasteiger partial charge in [0, 0.05) is 12.6 Å². The second-order valence-corrected chi connectivity index (χ2v) is 6.88. The molecule has 1 fully saturated rings. The largest absolute Gasteiger partial charge is 0.506 e. The van der Waals surface area contributed by atoms with Crippen LogP contribution < -0.4 is 10.6 Å². The third-order valence-electron chi connectivity index (χ3n) is 4.25. The molecule has 0 aliphatic carbocycles. The summed E-state index contributed by atoms with van der Waals surface area (Å²) in [7, 11) is 0. The van der Waals surface area contributed by atoms with E-state index in [1.54, 1.807) is 17.4 Å². The van der Waals surface area contributed by atoms with Gasteiger partial charge in [0.1, 0.15) is 22.6 Å². The van der Waals surface area contributed by atoms with Gasteiger partial charge < -0.3 is 20.7 Å². The Hall–Kier alpha value is -2.38. The number of aromatic nitrogens is 2. The average Bonchev–Trinajstić information content (AvgIpc) is 3.26. The highest BCUT2D eigenvalue weighted by Crippen LogP contribution is 2.30. The summed E-state index contributed by atoms with van der Waals surface area (Å²) in [6.45, 7) is 1.79. The molecule has 1 saturated heterocycles. The van der Waals surface area contributed by atoms with E-state index in [0.29, 0.717) is 22.4 Å². The lowest BCUT2D eigenvalue weighted by molar-refractivity contribution is 0.0932. The number of carbonyl (C=O) groups is 1. The summed E-state index contributed by atoms with van der Waals surface area (Å²) in [5, 5.41) is 18.4. The second kappa shape index (κ2) is 6.26. The van der Waals surface area contributed by atoms with Crippen LogP contribution in [0.3, 0.4) is 0 Å². The SMILES string of the molecule is O=C(N[C@@H]1CCCNC1)c1ccc(O)c2[nH]c(-c3cccs3)nc12. The molecule has 3 heterocycles. The molecule has 0 spiro atoms. The van der Waals surface area contributed by atoms with Crippen molar-refractivity contribution in [2.45, 2.75) is 18.9 Å². The lowest BCUT2D eigenvalue weighted by atomic mass is 10.1. The standard InChI is InChI=1S/C17H18N4O2S/c22-12-6-5-11(17(23)19-10-3-1-7-18-9-10)14-15(12)21-16(20-14)13-4-2-8-24-13/h2,4-6,8,10,18,22H,1,3,7,9H2,(H,19,23)(H,20,21)/t10-/m1/s1. The van der Waals surface area contributed by atoms with E-state index >= 15 is 0 Å². The highest BCUT2D eigenvalue weighted by molar-refractivity contribution is 7.13. The second-order valence-electron chi connectivity index (χ2n) is 5.94. The van der Waals surface area contributed by atoms with Crippen LogP contribution in [0.5, 0.6) is 5.75 Å². The number of carbonyl (C=O) groups excluding carboxylic acids is 1. The van der Waals surface area contributed by atoms with Crippen LogP contribution in [0.1, 0.15) is 23.2 Å². The fraction of sp³-hybridized carbons (Fsp3) is 0.294. The normalized spacial score (nSPS) is 17.9. The highest BCUT2D eigenvalue weighted by Gasteiger charge is 2.21. The molecule has 0 radical (unpaired) electrons. The number of rotatable bonds is 3. The number of H-pyrrole nitrogens is 1. The molecule has 6 nitrogen and oxygen atoms in total. The minimum absolute atomic E-state index is 0.0937. The van der Waals surface area contributed by atoms with Crippen molar-refractivity contribution in [2.75, 3.05) is 13.1 Å². The Kier molecular flexibility index (Phi) is 3.95. The maximum absolute atomic E-state index is 12.7. The lowest BCUT2D eigenvalue weighted by Crippen LogP contribution is -2.45. The summed E-state index contributed by atoms with van der Waals surface area (Å²) in [5.74, 6) is 0.601. The van der Waals surface area contributed by atoms with E-state index in [2.05, 4.69) is 20.6 Å². The summed E-state index contributed by atoms with van der Waals surface area (Å²) >= 11 is 1.56. The predicted molar refractivity (Wildman–Crippen MR) is 94.4 cm³/mol. The maximum atomic E-state index is 12.7. The number of nitrogens with zero attached hydrogens (tertiary/aromatic N) is 1. The van der Waals surface area contributed by atoms with Gasteiger partial charge in [0.25, 0.3) is 5.91 Å². The number of thiophene rings is 1. The number of nitrogens with one attached hydrogen (secondary N) is 3. The van der Waals surface area contributed by atoms with Gasteiger partial charge in [0.15, 0.2) is 0 Å². The van der Waals surface area contributed by atoms with Gasteiger partial charge in [-0.05, 0) is 43.0 Å². The first-order valence-corrected chi connectivity index (χ1v) is 8.87. The van der Waals surface area contributed by atoms with E-state index in [4.69, 9.17) is 0 Å². The van der Waals surface area contributed by atoms with Gasteiger partial charge in [-0.2, -0.15) is 0 Å². The van der Waals surface area contributed by atoms with E-state index in [9.17, 15) is 9.90 Å². The number of aromatic amines is 1. The van der Waals surface area contributed by atoms with Crippen molar-refractivity contribution in [3.8, 4) is 16.5 Å². The van der Waals surface area contributed by atoms with Crippen molar-refractivity contribution in [1.29, 1.82) is 0 Å². The Bertz CT molecular complexity index is 866. The average molecular weight is 342 g/mol. The van der Waals surface area contributed by atoms with Crippen molar-refractivity contribution in [3.63, 3.8) is 0 Å². The quantitative estimate of drug-likeness (QED) is 0.589. The Morgan fingerprint density at radius 2 is 2.29 bits per heavy atom. The summed E-state index contributed by atoms with van der Waals surface area (Å²) < 4.78 is 0. The third kappa shape index (κ3) is 2.76. The number of aromatic hydroxyl groups is 1. The number of hydrogen-bond donors (Lipinski definition) is 4. The fourth-order valence-electron chi connectivity index (χ4n) is 3.03. The zero-order valence-corrected chi connectivity index (χ0v) is 13.8. The van der Waals surface area contributed by atoms with E-state index in [-0.39, 0.29) is 17.7 Å². The van der Waals surface area contributed by atoms with Crippen LogP contribution in [0.15, 0.2) is 29.6 Å². The number of benzene rings is 1. The third-order valence-corrected chi connectivity index (χ3v) is 5.13. The molecule has 7 heteroatoms.